The zero-order valence-electron chi connectivity index (χ0n) is 11.9. The number of carbonyl (C=O) groups is 1. The molecule has 0 amide bonds. The topological polar surface area (TPSA) is 40.5 Å². The molecule has 1 heterocycles. The Balaban J connectivity index is 2.23. The molecular weight excluding hydrogens is 238 g/mol. The van der Waals surface area contributed by atoms with Crippen LogP contribution >= 0.6 is 0 Å². The van der Waals surface area contributed by atoms with E-state index in [0.717, 1.165) is 18.7 Å². The van der Waals surface area contributed by atoms with Crippen LogP contribution in [-0.2, 0) is 11.2 Å². The molecule has 1 aromatic rings. The van der Waals surface area contributed by atoms with E-state index < -0.39 is 11.4 Å². The molecule has 0 atom stereocenters. The Hall–Kier alpha value is -1.51. The van der Waals surface area contributed by atoms with Gasteiger partial charge in [0.1, 0.15) is 0 Å². The lowest BCUT2D eigenvalue weighted by atomic mass is 9.85. The van der Waals surface area contributed by atoms with Crippen molar-refractivity contribution in [3.8, 4) is 0 Å². The SMILES string of the molecule is CC(C)(Cc1ccccc1N1CCCCC1)C(=O)O. The molecule has 1 saturated heterocycles. The van der Waals surface area contributed by atoms with Gasteiger partial charge in [-0.1, -0.05) is 18.2 Å². The van der Waals surface area contributed by atoms with Crippen LogP contribution in [0, 0.1) is 5.41 Å². The Morgan fingerprint density at radius 1 is 1.21 bits per heavy atom. The summed E-state index contributed by atoms with van der Waals surface area (Å²) in [6.45, 7) is 5.76. The van der Waals surface area contributed by atoms with Gasteiger partial charge in [-0.3, -0.25) is 4.79 Å². The van der Waals surface area contributed by atoms with Crippen molar-refractivity contribution in [1.29, 1.82) is 0 Å². The average molecular weight is 261 g/mol. The maximum Gasteiger partial charge on any atom is 0.309 e. The maximum absolute atomic E-state index is 11.3. The van der Waals surface area contributed by atoms with Crippen molar-refractivity contribution in [1.82, 2.24) is 0 Å². The Kier molecular flexibility index (Phi) is 4.13. The highest BCUT2D eigenvalue weighted by molar-refractivity contribution is 5.74. The molecule has 0 aromatic heterocycles. The number of hydrogen-bond acceptors (Lipinski definition) is 2. The van der Waals surface area contributed by atoms with Gasteiger partial charge in [-0.05, 0) is 51.2 Å². The number of piperidine rings is 1. The van der Waals surface area contributed by atoms with Crippen LogP contribution in [0.25, 0.3) is 0 Å². The van der Waals surface area contributed by atoms with E-state index in [9.17, 15) is 9.90 Å². The van der Waals surface area contributed by atoms with Crippen LogP contribution < -0.4 is 4.90 Å². The number of carboxylic acid groups (broad SMARTS) is 1. The first-order valence-corrected chi connectivity index (χ1v) is 7.07. The predicted molar refractivity (Wildman–Crippen MR) is 77.6 cm³/mol. The third-order valence-electron chi connectivity index (χ3n) is 3.90. The molecule has 1 aromatic carbocycles. The zero-order chi connectivity index (χ0) is 13.9. The van der Waals surface area contributed by atoms with Gasteiger partial charge in [0.25, 0.3) is 0 Å². The minimum atomic E-state index is -0.735. The Labute approximate surface area is 115 Å². The van der Waals surface area contributed by atoms with E-state index in [1.54, 1.807) is 13.8 Å². The van der Waals surface area contributed by atoms with Crippen LogP contribution in [-0.4, -0.2) is 24.2 Å². The maximum atomic E-state index is 11.3. The summed E-state index contributed by atoms with van der Waals surface area (Å²) in [6, 6.07) is 8.23. The highest BCUT2D eigenvalue weighted by atomic mass is 16.4. The molecule has 104 valence electrons. The van der Waals surface area contributed by atoms with Crippen molar-refractivity contribution in [2.75, 3.05) is 18.0 Å². The first kappa shape index (κ1) is 13.9. The Morgan fingerprint density at radius 3 is 2.47 bits per heavy atom. The van der Waals surface area contributed by atoms with E-state index in [2.05, 4.69) is 17.0 Å². The second kappa shape index (κ2) is 5.64. The highest BCUT2D eigenvalue weighted by Crippen LogP contribution is 2.30. The summed E-state index contributed by atoms with van der Waals surface area (Å²) >= 11 is 0. The van der Waals surface area contributed by atoms with Crippen molar-refractivity contribution in [2.24, 2.45) is 5.41 Å². The van der Waals surface area contributed by atoms with Crippen LogP contribution in [0.4, 0.5) is 5.69 Å². The second-order valence-corrected chi connectivity index (χ2v) is 6.04. The van der Waals surface area contributed by atoms with Crippen molar-refractivity contribution in [3.63, 3.8) is 0 Å². The summed E-state index contributed by atoms with van der Waals surface area (Å²) in [5.74, 6) is -0.735. The molecule has 1 aliphatic rings. The highest BCUT2D eigenvalue weighted by Gasteiger charge is 2.29. The molecule has 1 N–H and O–H groups in total. The predicted octanol–water partition coefficient (Wildman–Crippen LogP) is 3.33. The molecule has 1 aliphatic heterocycles. The molecule has 0 bridgehead atoms. The number of benzene rings is 1. The van der Waals surface area contributed by atoms with E-state index in [4.69, 9.17) is 0 Å². The van der Waals surface area contributed by atoms with Gasteiger partial charge in [0.2, 0.25) is 0 Å². The largest absolute Gasteiger partial charge is 0.481 e. The van der Waals surface area contributed by atoms with Crippen LogP contribution in [0.15, 0.2) is 24.3 Å². The summed E-state index contributed by atoms with van der Waals surface area (Å²) in [7, 11) is 0. The normalized spacial score (nSPS) is 16.4. The quantitative estimate of drug-likeness (QED) is 0.903. The summed E-state index contributed by atoms with van der Waals surface area (Å²) in [5.41, 5.74) is 1.65. The monoisotopic (exact) mass is 261 g/mol. The number of anilines is 1. The zero-order valence-corrected chi connectivity index (χ0v) is 11.9. The fraction of sp³-hybridized carbons (Fsp3) is 0.562. The van der Waals surface area contributed by atoms with Crippen molar-refractivity contribution < 1.29 is 9.90 Å². The fourth-order valence-corrected chi connectivity index (χ4v) is 2.66. The van der Waals surface area contributed by atoms with Gasteiger partial charge >= 0.3 is 5.97 Å². The number of para-hydroxylation sites is 1. The number of aliphatic carboxylic acids is 1. The van der Waals surface area contributed by atoms with E-state index in [0.29, 0.717) is 6.42 Å². The smallest absolute Gasteiger partial charge is 0.309 e. The van der Waals surface area contributed by atoms with E-state index in [1.807, 2.05) is 12.1 Å². The van der Waals surface area contributed by atoms with E-state index in [1.165, 1.54) is 24.9 Å². The molecule has 3 nitrogen and oxygen atoms in total. The van der Waals surface area contributed by atoms with Gasteiger partial charge in [0.15, 0.2) is 0 Å². The van der Waals surface area contributed by atoms with Gasteiger partial charge in [-0.2, -0.15) is 0 Å². The lowest BCUT2D eigenvalue weighted by Gasteiger charge is -2.32. The molecule has 0 aliphatic carbocycles. The summed E-state index contributed by atoms with van der Waals surface area (Å²) in [6.07, 6.45) is 4.35. The number of nitrogens with zero attached hydrogens (tertiary/aromatic N) is 1. The number of carboxylic acids is 1. The van der Waals surface area contributed by atoms with Crippen LogP contribution in [0.1, 0.15) is 38.7 Å². The van der Waals surface area contributed by atoms with Crippen molar-refractivity contribution >= 4 is 11.7 Å². The molecule has 19 heavy (non-hydrogen) atoms. The summed E-state index contributed by atoms with van der Waals surface area (Å²) in [4.78, 5) is 13.7. The minimum Gasteiger partial charge on any atom is -0.481 e. The van der Waals surface area contributed by atoms with Crippen LogP contribution in [0.5, 0.6) is 0 Å². The summed E-state index contributed by atoms with van der Waals surface area (Å²) < 4.78 is 0. The standard InChI is InChI=1S/C16H23NO2/c1-16(2,15(18)19)12-13-8-4-5-9-14(13)17-10-6-3-7-11-17/h4-5,8-9H,3,6-7,10-12H2,1-2H3,(H,18,19). The van der Waals surface area contributed by atoms with Gasteiger partial charge in [0.05, 0.1) is 5.41 Å². The molecule has 3 heteroatoms. The first-order chi connectivity index (χ1) is 9.00. The summed E-state index contributed by atoms with van der Waals surface area (Å²) in [5, 5.41) is 9.29. The Bertz CT molecular complexity index is 448. The molecule has 1 fully saturated rings. The van der Waals surface area contributed by atoms with Crippen molar-refractivity contribution in [3.05, 3.63) is 29.8 Å². The minimum absolute atomic E-state index is 0.578. The van der Waals surface area contributed by atoms with Gasteiger partial charge in [-0.25, -0.2) is 0 Å². The molecular formula is C16H23NO2. The lowest BCUT2D eigenvalue weighted by Crippen LogP contribution is -2.32. The van der Waals surface area contributed by atoms with Crippen molar-refractivity contribution in [2.45, 2.75) is 39.5 Å². The second-order valence-electron chi connectivity index (χ2n) is 6.04. The number of rotatable bonds is 4. The van der Waals surface area contributed by atoms with Crippen LogP contribution in [0.3, 0.4) is 0 Å². The molecule has 0 saturated carbocycles. The third kappa shape index (κ3) is 3.28. The molecule has 0 radical (unpaired) electrons. The molecule has 2 rings (SSSR count). The third-order valence-corrected chi connectivity index (χ3v) is 3.90. The fourth-order valence-electron chi connectivity index (χ4n) is 2.66. The van der Waals surface area contributed by atoms with E-state index in [-0.39, 0.29) is 0 Å². The van der Waals surface area contributed by atoms with Gasteiger partial charge in [-0.15, -0.1) is 0 Å². The Morgan fingerprint density at radius 2 is 1.84 bits per heavy atom. The average Bonchev–Trinajstić information content (AvgIpc) is 2.40. The first-order valence-electron chi connectivity index (χ1n) is 7.07. The van der Waals surface area contributed by atoms with E-state index >= 15 is 0 Å². The molecule has 0 unspecified atom stereocenters. The molecule has 0 spiro atoms. The lowest BCUT2D eigenvalue weighted by molar-refractivity contribution is -0.146. The van der Waals surface area contributed by atoms with Gasteiger partial charge in [0, 0.05) is 18.8 Å². The number of hydrogen-bond donors (Lipinski definition) is 1. The van der Waals surface area contributed by atoms with Gasteiger partial charge < -0.3 is 10.0 Å². The van der Waals surface area contributed by atoms with Crippen LogP contribution in [0.2, 0.25) is 0 Å².